The van der Waals surface area contributed by atoms with Crippen molar-refractivity contribution in [2.24, 2.45) is 0 Å². The van der Waals surface area contributed by atoms with E-state index in [9.17, 15) is 9.18 Å². The fourth-order valence-electron chi connectivity index (χ4n) is 2.52. The molecular formula is C18H14FN3O4S. The normalized spacial score (nSPS) is 15.3. The second kappa shape index (κ2) is 7.20. The first kappa shape index (κ1) is 17.2. The Morgan fingerprint density at radius 3 is 2.85 bits per heavy atom. The number of aromatic nitrogens is 2. The molecule has 1 N–H and O–H groups in total. The summed E-state index contributed by atoms with van der Waals surface area (Å²) in [6.07, 6.45) is -0.800. The molecule has 9 heteroatoms. The summed E-state index contributed by atoms with van der Waals surface area (Å²) in [5, 5.41) is 11.3. The molecule has 2 aromatic carbocycles. The highest BCUT2D eigenvalue weighted by Gasteiger charge is 2.28. The number of rotatable bonds is 4. The smallest absolute Gasteiger partial charge is 0.270 e. The standard InChI is InChI=1S/C18H14FN3O4S/c1-24-12-7-6-10(8-11(12)19)17-21-22-18(27-17)20-16(23)15-9-25-13-4-2-3-5-14(13)26-15/h2-8,15H,9H2,1H3,(H,20,22,23). The minimum absolute atomic E-state index is 0.0954. The Hall–Kier alpha value is -3.20. The molecule has 7 nitrogen and oxygen atoms in total. The monoisotopic (exact) mass is 387 g/mol. The molecule has 1 atom stereocenters. The number of carbonyl (C=O) groups excluding carboxylic acids is 1. The molecule has 1 aromatic heterocycles. The van der Waals surface area contributed by atoms with E-state index in [-0.39, 0.29) is 17.5 Å². The van der Waals surface area contributed by atoms with Crippen LogP contribution in [-0.2, 0) is 4.79 Å². The van der Waals surface area contributed by atoms with E-state index in [1.165, 1.54) is 19.2 Å². The lowest BCUT2D eigenvalue weighted by Gasteiger charge is -2.25. The van der Waals surface area contributed by atoms with E-state index in [0.29, 0.717) is 22.1 Å². The van der Waals surface area contributed by atoms with Gasteiger partial charge < -0.3 is 14.2 Å². The third-order valence-corrected chi connectivity index (χ3v) is 4.74. The molecule has 1 unspecified atom stereocenters. The van der Waals surface area contributed by atoms with Gasteiger partial charge in [0.2, 0.25) is 11.2 Å². The maximum atomic E-state index is 13.8. The van der Waals surface area contributed by atoms with Crippen LogP contribution in [0.5, 0.6) is 17.2 Å². The molecule has 4 rings (SSSR count). The van der Waals surface area contributed by atoms with Crippen LogP contribution in [0, 0.1) is 5.82 Å². The zero-order valence-electron chi connectivity index (χ0n) is 14.1. The Kier molecular flexibility index (Phi) is 4.59. The molecule has 27 heavy (non-hydrogen) atoms. The Morgan fingerprint density at radius 1 is 1.26 bits per heavy atom. The lowest BCUT2D eigenvalue weighted by Crippen LogP contribution is -2.40. The van der Waals surface area contributed by atoms with Gasteiger partial charge in [0.1, 0.15) is 11.6 Å². The number of benzene rings is 2. The minimum atomic E-state index is -0.800. The van der Waals surface area contributed by atoms with Gasteiger partial charge in [0.25, 0.3) is 5.91 Å². The molecule has 0 aliphatic carbocycles. The van der Waals surface area contributed by atoms with Gasteiger partial charge in [0.05, 0.1) is 7.11 Å². The van der Waals surface area contributed by atoms with Crippen molar-refractivity contribution in [2.75, 3.05) is 19.0 Å². The van der Waals surface area contributed by atoms with Crippen molar-refractivity contribution in [1.82, 2.24) is 10.2 Å². The quantitative estimate of drug-likeness (QED) is 0.741. The first-order valence-corrected chi connectivity index (χ1v) is 8.82. The molecule has 138 valence electrons. The van der Waals surface area contributed by atoms with E-state index >= 15 is 0 Å². The topological polar surface area (TPSA) is 82.6 Å². The second-order valence-corrected chi connectivity index (χ2v) is 6.59. The molecular weight excluding hydrogens is 373 g/mol. The Bertz CT molecular complexity index is 994. The average Bonchev–Trinajstić information content (AvgIpc) is 3.16. The molecule has 0 saturated carbocycles. The number of hydrogen-bond donors (Lipinski definition) is 1. The van der Waals surface area contributed by atoms with Crippen molar-refractivity contribution in [3.05, 3.63) is 48.3 Å². The van der Waals surface area contributed by atoms with Crippen molar-refractivity contribution in [2.45, 2.75) is 6.10 Å². The van der Waals surface area contributed by atoms with Crippen LogP contribution in [0.1, 0.15) is 0 Å². The molecule has 0 bridgehead atoms. The summed E-state index contributed by atoms with van der Waals surface area (Å²) in [5.74, 6) is 0.360. The van der Waals surface area contributed by atoms with E-state index in [4.69, 9.17) is 14.2 Å². The first-order valence-electron chi connectivity index (χ1n) is 8.01. The van der Waals surface area contributed by atoms with Gasteiger partial charge in [-0.05, 0) is 30.3 Å². The van der Waals surface area contributed by atoms with Crippen molar-refractivity contribution in [3.8, 4) is 27.8 Å². The maximum absolute atomic E-state index is 13.8. The highest BCUT2D eigenvalue weighted by molar-refractivity contribution is 7.18. The summed E-state index contributed by atoms with van der Waals surface area (Å²) in [4.78, 5) is 12.4. The van der Waals surface area contributed by atoms with Gasteiger partial charge in [-0.1, -0.05) is 23.5 Å². The Labute approximate surface area is 157 Å². The minimum Gasteiger partial charge on any atom is -0.494 e. The van der Waals surface area contributed by atoms with Crippen LogP contribution in [0.15, 0.2) is 42.5 Å². The predicted octanol–water partition coefficient (Wildman–Crippen LogP) is 3.13. The molecule has 1 amide bonds. The van der Waals surface area contributed by atoms with Crippen molar-refractivity contribution >= 4 is 22.4 Å². The lowest BCUT2D eigenvalue weighted by atomic mass is 10.2. The number of carbonyl (C=O) groups is 1. The van der Waals surface area contributed by atoms with Gasteiger partial charge >= 0.3 is 0 Å². The second-order valence-electron chi connectivity index (χ2n) is 5.62. The number of methoxy groups -OCH3 is 1. The number of ether oxygens (including phenoxy) is 3. The number of para-hydroxylation sites is 2. The van der Waals surface area contributed by atoms with Gasteiger partial charge in [0.15, 0.2) is 23.1 Å². The lowest BCUT2D eigenvalue weighted by molar-refractivity contribution is -0.125. The molecule has 1 aliphatic rings. The van der Waals surface area contributed by atoms with E-state index in [1.807, 2.05) is 6.07 Å². The zero-order valence-corrected chi connectivity index (χ0v) is 15.0. The first-order chi connectivity index (χ1) is 13.1. The van der Waals surface area contributed by atoms with Crippen LogP contribution in [-0.4, -0.2) is 35.9 Å². The van der Waals surface area contributed by atoms with Crippen LogP contribution < -0.4 is 19.5 Å². The summed E-state index contributed by atoms with van der Waals surface area (Å²) < 4.78 is 29.9. The number of anilines is 1. The number of halogens is 1. The Morgan fingerprint density at radius 2 is 2.07 bits per heavy atom. The number of nitrogens with one attached hydrogen (secondary N) is 1. The van der Waals surface area contributed by atoms with Gasteiger partial charge in [-0.25, -0.2) is 4.39 Å². The molecule has 0 fully saturated rings. The summed E-state index contributed by atoms with van der Waals surface area (Å²) in [6.45, 7) is 0.0954. The van der Waals surface area contributed by atoms with Crippen LogP contribution in [0.4, 0.5) is 9.52 Å². The van der Waals surface area contributed by atoms with E-state index in [0.717, 1.165) is 11.3 Å². The zero-order chi connectivity index (χ0) is 18.8. The number of nitrogens with zero attached hydrogens (tertiary/aromatic N) is 2. The SMILES string of the molecule is COc1ccc(-c2nnc(NC(=O)C3COc4ccccc4O3)s2)cc1F. The number of fused-ring (bicyclic) bond motifs is 1. The molecule has 3 aromatic rings. The van der Waals surface area contributed by atoms with Gasteiger partial charge in [0, 0.05) is 5.56 Å². The number of amides is 1. The molecule has 0 radical (unpaired) electrons. The summed E-state index contributed by atoms with van der Waals surface area (Å²) in [7, 11) is 1.39. The summed E-state index contributed by atoms with van der Waals surface area (Å²) in [6, 6.07) is 11.6. The van der Waals surface area contributed by atoms with Crippen LogP contribution in [0.2, 0.25) is 0 Å². The van der Waals surface area contributed by atoms with Crippen molar-refractivity contribution < 1.29 is 23.4 Å². The van der Waals surface area contributed by atoms with E-state index < -0.39 is 17.8 Å². The fourth-order valence-corrected chi connectivity index (χ4v) is 3.27. The average molecular weight is 387 g/mol. The summed E-state index contributed by atoms with van der Waals surface area (Å²) in [5.41, 5.74) is 0.539. The van der Waals surface area contributed by atoms with Crippen LogP contribution in [0.25, 0.3) is 10.6 Å². The Balaban J connectivity index is 1.45. The third-order valence-electron chi connectivity index (χ3n) is 3.85. The van der Waals surface area contributed by atoms with E-state index in [2.05, 4.69) is 15.5 Å². The van der Waals surface area contributed by atoms with Crippen LogP contribution >= 0.6 is 11.3 Å². The molecule has 2 heterocycles. The van der Waals surface area contributed by atoms with E-state index in [1.54, 1.807) is 24.3 Å². The maximum Gasteiger partial charge on any atom is 0.270 e. The fraction of sp³-hybridized carbons (Fsp3) is 0.167. The third kappa shape index (κ3) is 3.54. The largest absolute Gasteiger partial charge is 0.494 e. The highest BCUT2D eigenvalue weighted by atomic mass is 32.1. The van der Waals surface area contributed by atoms with Crippen molar-refractivity contribution in [3.63, 3.8) is 0 Å². The number of hydrogen-bond acceptors (Lipinski definition) is 7. The summed E-state index contributed by atoms with van der Waals surface area (Å²) >= 11 is 1.13. The van der Waals surface area contributed by atoms with Gasteiger partial charge in [-0.15, -0.1) is 10.2 Å². The van der Waals surface area contributed by atoms with Crippen LogP contribution in [0.3, 0.4) is 0 Å². The molecule has 0 spiro atoms. The van der Waals surface area contributed by atoms with Crippen molar-refractivity contribution in [1.29, 1.82) is 0 Å². The highest BCUT2D eigenvalue weighted by Crippen LogP contribution is 2.32. The molecule has 1 aliphatic heterocycles. The van der Waals surface area contributed by atoms with Gasteiger partial charge in [-0.3, -0.25) is 10.1 Å². The predicted molar refractivity (Wildman–Crippen MR) is 96.8 cm³/mol. The van der Waals surface area contributed by atoms with Gasteiger partial charge in [-0.2, -0.15) is 0 Å². The molecule has 0 saturated heterocycles.